The molecule has 2 aromatic rings. The summed E-state index contributed by atoms with van der Waals surface area (Å²) >= 11 is 0. The summed E-state index contributed by atoms with van der Waals surface area (Å²) in [5.74, 6) is 0.592. The molecule has 0 aromatic carbocycles. The van der Waals surface area contributed by atoms with Gasteiger partial charge in [-0.15, -0.1) is 0 Å². The molecule has 0 radical (unpaired) electrons. The van der Waals surface area contributed by atoms with E-state index >= 15 is 0 Å². The zero-order chi connectivity index (χ0) is 16.5. The third-order valence-corrected chi connectivity index (χ3v) is 4.62. The summed E-state index contributed by atoms with van der Waals surface area (Å²) in [5, 5.41) is 2.82. The lowest BCUT2D eigenvalue weighted by Crippen LogP contribution is -2.27. The molecule has 4 rings (SSSR count). The van der Waals surface area contributed by atoms with Crippen molar-refractivity contribution in [3.8, 4) is 0 Å². The second-order valence-electron chi connectivity index (χ2n) is 6.59. The van der Waals surface area contributed by atoms with E-state index in [1.165, 1.54) is 24.5 Å². The summed E-state index contributed by atoms with van der Waals surface area (Å²) in [6, 6.07) is 5.33. The van der Waals surface area contributed by atoms with Gasteiger partial charge in [-0.1, -0.05) is 6.07 Å². The van der Waals surface area contributed by atoms with Crippen molar-refractivity contribution < 1.29 is 4.79 Å². The van der Waals surface area contributed by atoms with Crippen LogP contribution in [0.5, 0.6) is 0 Å². The first-order chi connectivity index (χ1) is 11.7. The number of hydrogen-bond acceptors (Lipinski definition) is 4. The summed E-state index contributed by atoms with van der Waals surface area (Å²) < 4.78 is 0. The summed E-state index contributed by atoms with van der Waals surface area (Å²) in [5.41, 5.74) is 3.22. The van der Waals surface area contributed by atoms with Crippen molar-refractivity contribution in [1.82, 2.24) is 20.3 Å². The highest BCUT2D eigenvalue weighted by Crippen LogP contribution is 2.37. The molecule has 0 atom stereocenters. The van der Waals surface area contributed by atoms with Gasteiger partial charge in [-0.3, -0.25) is 14.6 Å². The summed E-state index contributed by atoms with van der Waals surface area (Å²) in [6.07, 6.45) is 6.55. The molecule has 1 amide bonds. The summed E-state index contributed by atoms with van der Waals surface area (Å²) in [4.78, 5) is 35.6. The number of nitrogens with one attached hydrogen (secondary N) is 2. The van der Waals surface area contributed by atoms with Gasteiger partial charge in [-0.05, 0) is 50.2 Å². The first kappa shape index (κ1) is 15.1. The Labute approximate surface area is 139 Å². The Kier molecular flexibility index (Phi) is 3.88. The molecular formula is C18H20N4O2. The molecule has 0 saturated heterocycles. The molecule has 2 heterocycles. The number of rotatable bonds is 4. The van der Waals surface area contributed by atoms with Crippen LogP contribution in [0.1, 0.15) is 64.9 Å². The number of aromatic nitrogens is 3. The zero-order valence-corrected chi connectivity index (χ0v) is 13.5. The van der Waals surface area contributed by atoms with Gasteiger partial charge in [0.15, 0.2) is 0 Å². The Morgan fingerprint density at radius 3 is 2.88 bits per heavy atom. The van der Waals surface area contributed by atoms with Crippen LogP contribution in [0.2, 0.25) is 0 Å². The fourth-order valence-electron chi connectivity index (χ4n) is 3.13. The van der Waals surface area contributed by atoms with Crippen molar-refractivity contribution in [3.63, 3.8) is 0 Å². The van der Waals surface area contributed by atoms with E-state index in [1.807, 2.05) is 6.07 Å². The third-order valence-electron chi connectivity index (χ3n) is 4.62. The Morgan fingerprint density at radius 2 is 2.04 bits per heavy atom. The van der Waals surface area contributed by atoms with Crippen molar-refractivity contribution >= 4 is 5.91 Å². The molecule has 0 unspecified atom stereocenters. The molecular weight excluding hydrogens is 304 g/mol. The monoisotopic (exact) mass is 324 g/mol. The molecule has 24 heavy (non-hydrogen) atoms. The van der Waals surface area contributed by atoms with E-state index < -0.39 is 0 Å². The number of amides is 1. The first-order valence-corrected chi connectivity index (χ1v) is 8.56. The fourth-order valence-corrected chi connectivity index (χ4v) is 3.13. The van der Waals surface area contributed by atoms with Crippen LogP contribution in [0, 0.1) is 0 Å². The lowest BCUT2D eigenvalue weighted by atomic mass is 9.96. The fraction of sp³-hybridized carbons (Fsp3) is 0.444. The maximum absolute atomic E-state index is 12.3. The highest BCUT2D eigenvalue weighted by Gasteiger charge is 2.27. The number of aryl methyl sites for hydroxylation is 2. The average molecular weight is 324 g/mol. The second kappa shape index (κ2) is 6.19. The van der Waals surface area contributed by atoms with E-state index in [1.54, 1.807) is 0 Å². The molecule has 2 aliphatic carbocycles. The average Bonchev–Trinajstić information content (AvgIpc) is 3.44. The normalized spacial score (nSPS) is 16.5. The van der Waals surface area contributed by atoms with Crippen LogP contribution in [-0.2, 0) is 19.4 Å². The van der Waals surface area contributed by atoms with Crippen LogP contribution in [0.25, 0.3) is 0 Å². The zero-order valence-electron chi connectivity index (χ0n) is 13.5. The molecule has 0 bridgehead atoms. The van der Waals surface area contributed by atoms with Crippen LogP contribution < -0.4 is 10.9 Å². The van der Waals surface area contributed by atoms with Gasteiger partial charge in [0.05, 0.1) is 12.2 Å². The quantitative estimate of drug-likeness (QED) is 0.898. The first-order valence-electron chi connectivity index (χ1n) is 8.56. The number of hydrogen-bond donors (Lipinski definition) is 2. The van der Waals surface area contributed by atoms with E-state index in [4.69, 9.17) is 0 Å². The molecule has 124 valence electrons. The minimum atomic E-state index is -0.331. The van der Waals surface area contributed by atoms with Crippen LogP contribution in [0.15, 0.2) is 23.0 Å². The number of pyridine rings is 1. The van der Waals surface area contributed by atoms with Crippen LogP contribution in [0.4, 0.5) is 0 Å². The molecule has 0 spiro atoms. The molecule has 2 aromatic heterocycles. The molecule has 1 fully saturated rings. The topological polar surface area (TPSA) is 87.7 Å². The lowest BCUT2D eigenvalue weighted by molar-refractivity contribution is 0.0944. The van der Waals surface area contributed by atoms with Crippen molar-refractivity contribution in [3.05, 3.63) is 57.0 Å². The van der Waals surface area contributed by atoms with Gasteiger partial charge in [0.1, 0.15) is 11.5 Å². The van der Waals surface area contributed by atoms with Gasteiger partial charge in [-0.2, -0.15) is 0 Å². The third kappa shape index (κ3) is 3.22. The van der Waals surface area contributed by atoms with Crippen LogP contribution in [-0.4, -0.2) is 20.9 Å². The van der Waals surface area contributed by atoms with Crippen LogP contribution in [0.3, 0.4) is 0 Å². The summed E-state index contributed by atoms with van der Waals surface area (Å²) in [6.45, 7) is 0.347. The minimum Gasteiger partial charge on any atom is -0.345 e. The molecule has 2 N–H and O–H groups in total. The van der Waals surface area contributed by atoms with Gasteiger partial charge in [-0.25, -0.2) is 4.98 Å². The van der Waals surface area contributed by atoms with Gasteiger partial charge < -0.3 is 10.3 Å². The largest absolute Gasteiger partial charge is 0.345 e. The standard InChI is InChI=1S/C18H20N4O2/c23-16-9-15(21-17(22-16)12-5-6-12)18(24)19-10-13-8-7-11-3-1-2-4-14(11)20-13/h7-9,12H,1-6,10H2,(H,19,24)(H,21,22,23). The van der Waals surface area contributed by atoms with Crippen molar-refractivity contribution in [1.29, 1.82) is 0 Å². The maximum atomic E-state index is 12.3. The minimum absolute atomic E-state index is 0.179. The van der Waals surface area contributed by atoms with Gasteiger partial charge in [0, 0.05) is 17.7 Å². The van der Waals surface area contributed by atoms with Crippen molar-refractivity contribution in [2.24, 2.45) is 0 Å². The smallest absolute Gasteiger partial charge is 0.270 e. The van der Waals surface area contributed by atoms with Crippen molar-refractivity contribution in [2.75, 3.05) is 0 Å². The van der Waals surface area contributed by atoms with E-state index in [2.05, 4.69) is 26.3 Å². The molecule has 0 aliphatic heterocycles. The van der Waals surface area contributed by atoms with E-state index in [9.17, 15) is 9.59 Å². The lowest BCUT2D eigenvalue weighted by Gasteiger charge is -2.15. The summed E-state index contributed by atoms with van der Waals surface area (Å²) in [7, 11) is 0. The molecule has 6 heteroatoms. The van der Waals surface area contributed by atoms with E-state index in [0.29, 0.717) is 18.3 Å². The van der Waals surface area contributed by atoms with Crippen LogP contribution >= 0.6 is 0 Å². The SMILES string of the molecule is O=C(NCc1ccc2c(n1)CCCC2)c1cc(=O)[nH]c(C2CC2)n1. The molecule has 1 saturated carbocycles. The highest BCUT2D eigenvalue weighted by atomic mass is 16.2. The number of carbonyl (C=O) groups excluding carboxylic acids is 1. The molecule has 2 aliphatic rings. The van der Waals surface area contributed by atoms with Gasteiger partial charge in [0.25, 0.3) is 11.5 Å². The van der Waals surface area contributed by atoms with E-state index in [0.717, 1.165) is 37.1 Å². The predicted octanol–water partition coefficient (Wildman–Crippen LogP) is 1.85. The number of H-pyrrole nitrogens is 1. The number of nitrogens with zero attached hydrogens (tertiary/aromatic N) is 2. The number of fused-ring (bicyclic) bond motifs is 1. The highest BCUT2D eigenvalue weighted by molar-refractivity contribution is 5.92. The van der Waals surface area contributed by atoms with Crippen molar-refractivity contribution in [2.45, 2.75) is 51.0 Å². The van der Waals surface area contributed by atoms with Gasteiger partial charge in [0.2, 0.25) is 0 Å². The van der Waals surface area contributed by atoms with Gasteiger partial charge >= 0.3 is 0 Å². The Morgan fingerprint density at radius 1 is 1.21 bits per heavy atom. The maximum Gasteiger partial charge on any atom is 0.270 e. The molecule has 6 nitrogen and oxygen atoms in total. The Bertz CT molecular complexity index is 839. The Balaban J connectivity index is 1.46. The van der Waals surface area contributed by atoms with E-state index in [-0.39, 0.29) is 17.2 Å². The number of carbonyl (C=O) groups is 1. The Hall–Kier alpha value is -2.50. The number of aromatic amines is 1. The second-order valence-corrected chi connectivity index (χ2v) is 6.59. The predicted molar refractivity (Wildman–Crippen MR) is 88.9 cm³/mol.